The van der Waals surface area contributed by atoms with Gasteiger partial charge in [0.1, 0.15) is 5.15 Å². The lowest BCUT2D eigenvalue weighted by Gasteiger charge is -2.05. The molecule has 98 valence electrons. The quantitative estimate of drug-likeness (QED) is 0.793. The molecule has 19 heavy (non-hydrogen) atoms. The topological polar surface area (TPSA) is 34.9 Å². The predicted molar refractivity (Wildman–Crippen MR) is 75.2 cm³/mol. The van der Waals surface area contributed by atoms with Crippen molar-refractivity contribution in [1.82, 2.24) is 9.78 Å². The molecule has 1 aliphatic rings. The molecule has 3 nitrogen and oxygen atoms in total. The van der Waals surface area contributed by atoms with Crippen molar-refractivity contribution in [1.29, 1.82) is 0 Å². The van der Waals surface area contributed by atoms with Crippen LogP contribution >= 0.6 is 11.6 Å². The molecule has 1 aromatic carbocycles. The summed E-state index contributed by atoms with van der Waals surface area (Å²) in [6.45, 7) is 0. The third-order valence-electron chi connectivity index (χ3n) is 3.75. The van der Waals surface area contributed by atoms with Crippen LogP contribution in [0.4, 0.5) is 0 Å². The Morgan fingerprint density at radius 3 is 2.53 bits per heavy atom. The molecule has 1 saturated carbocycles. The number of carbonyl (C=O) groups is 1. The Labute approximate surface area is 117 Å². The fourth-order valence-electron chi connectivity index (χ4n) is 2.78. The van der Waals surface area contributed by atoms with Crippen LogP contribution in [0.1, 0.15) is 47.7 Å². The lowest BCUT2D eigenvalue weighted by atomic mass is 10.0. The smallest absolute Gasteiger partial charge is 0.155 e. The van der Waals surface area contributed by atoms with E-state index in [1.54, 1.807) is 4.68 Å². The summed E-state index contributed by atoms with van der Waals surface area (Å²) in [4.78, 5) is 11.3. The van der Waals surface area contributed by atoms with Crippen LogP contribution in [0.2, 0.25) is 5.15 Å². The van der Waals surface area contributed by atoms with Gasteiger partial charge < -0.3 is 0 Å². The molecule has 1 aliphatic carbocycles. The van der Waals surface area contributed by atoms with Crippen molar-refractivity contribution < 1.29 is 4.79 Å². The number of aromatic nitrogens is 2. The fourth-order valence-corrected chi connectivity index (χ4v) is 3.05. The Bertz CT molecular complexity index is 586. The molecule has 0 amide bonds. The van der Waals surface area contributed by atoms with E-state index in [0.29, 0.717) is 16.6 Å². The Morgan fingerprint density at radius 2 is 1.89 bits per heavy atom. The van der Waals surface area contributed by atoms with Crippen LogP contribution in [0, 0.1) is 0 Å². The molecule has 1 fully saturated rings. The summed E-state index contributed by atoms with van der Waals surface area (Å²) < 4.78 is 1.67. The molecule has 3 rings (SSSR count). The number of carbonyl (C=O) groups excluding carboxylic acids is 1. The number of benzene rings is 1. The molecule has 0 spiro atoms. The van der Waals surface area contributed by atoms with Crippen LogP contribution in [0.25, 0.3) is 5.69 Å². The minimum absolute atomic E-state index is 0.377. The number of nitrogens with zero attached hydrogens (tertiary/aromatic N) is 2. The molecule has 0 unspecified atom stereocenters. The summed E-state index contributed by atoms with van der Waals surface area (Å²) in [5.74, 6) is 0.377. The first kappa shape index (κ1) is 12.4. The summed E-state index contributed by atoms with van der Waals surface area (Å²) in [6.07, 6.45) is 5.45. The third kappa shape index (κ3) is 2.19. The van der Waals surface area contributed by atoms with Crippen LogP contribution in [-0.4, -0.2) is 16.1 Å². The van der Waals surface area contributed by atoms with Gasteiger partial charge in [-0.1, -0.05) is 42.6 Å². The number of rotatable bonds is 3. The Morgan fingerprint density at radius 1 is 1.21 bits per heavy atom. The third-order valence-corrected chi connectivity index (χ3v) is 4.12. The zero-order valence-corrected chi connectivity index (χ0v) is 11.3. The zero-order valence-electron chi connectivity index (χ0n) is 10.6. The predicted octanol–water partition coefficient (Wildman–Crippen LogP) is 4.00. The van der Waals surface area contributed by atoms with Crippen molar-refractivity contribution in [3.05, 3.63) is 46.7 Å². The number of hydrogen-bond donors (Lipinski definition) is 0. The molecule has 4 heteroatoms. The van der Waals surface area contributed by atoms with E-state index < -0.39 is 0 Å². The van der Waals surface area contributed by atoms with E-state index in [1.807, 2.05) is 30.3 Å². The van der Waals surface area contributed by atoms with E-state index >= 15 is 0 Å². The van der Waals surface area contributed by atoms with Crippen molar-refractivity contribution in [2.75, 3.05) is 0 Å². The van der Waals surface area contributed by atoms with Gasteiger partial charge in [0.15, 0.2) is 6.29 Å². The molecule has 1 aromatic heterocycles. The van der Waals surface area contributed by atoms with Gasteiger partial charge in [0.25, 0.3) is 0 Å². The highest BCUT2D eigenvalue weighted by molar-refractivity contribution is 6.32. The Kier molecular flexibility index (Phi) is 3.38. The van der Waals surface area contributed by atoms with E-state index in [2.05, 4.69) is 5.10 Å². The van der Waals surface area contributed by atoms with E-state index in [9.17, 15) is 4.79 Å². The average molecular weight is 275 g/mol. The van der Waals surface area contributed by atoms with Crippen molar-refractivity contribution >= 4 is 17.9 Å². The molecule has 0 radical (unpaired) electrons. The lowest BCUT2D eigenvalue weighted by Crippen LogP contribution is -1.99. The maximum Gasteiger partial charge on any atom is 0.155 e. The Balaban J connectivity index is 2.09. The van der Waals surface area contributed by atoms with Crippen LogP contribution in [-0.2, 0) is 0 Å². The van der Waals surface area contributed by atoms with Crippen LogP contribution in [0.5, 0.6) is 0 Å². The Hall–Kier alpha value is -1.61. The van der Waals surface area contributed by atoms with E-state index in [-0.39, 0.29) is 0 Å². The highest BCUT2D eigenvalue weighted by Gasteiger charge is 2.26. The first-order valence-electron chi connectivity index (χ1n) is 6.60. The first-order valence-corrected chi connectivity index (χ1v) is 6.98. The summed E-state index contributed by atoms with van der Waals surface area (Å²) in [5.41, 5.74) is 2.30. The summed E-state index contributed by atoms with van der Waals surface area (Å²) in [5, 5.41) is 5.01. The van der Waals surface area contributed by atoms with Crippen molar-refractivity contribution in [2.45, 2.75) is 31.6 Å². The molecular formula is C15H15ClN2O. The number of aldehydes is 1. The van der Waals surface area contributed by atoms with Gasteiger partial charge in [0.05, 0.1) is 16.9 Å². The van der Waals surface area contributed by atoms with Gasteiger partial charge >= 0.3 is 0 Å². The molecule has 2 aromatic rings. The van der Waals surface area contributed by atoms with Gasteiger partial charge in [-0.2, -0.15) is 5.10 Å². The highest BCUT2D eigenvalue weighted by atomic mass is 35.5. The average Bonchev–Trinajstić information content (AvgIpc) is 3.07. The largest absolute Gasteiger partial charge is 0.298 e. The lowest BCUT2D eigenvalue weighted by molar-refractivity contribution is 0.112. The number of para-hydroxylation sites is 1. The van der Waals surface area contributed by atoms with E-state index in [1.165, 1.54) is 12.8 Å². The van der Waals surface area contributed by atoms with E-state index in [0.717, 1.165) is 30.5 Å². The monoisotopic (exact) mass is 274 g/mol. The van der Waals surface area contributed by atoms with Crippen molar-refractivity contribution in [3.8, 4) is 5.69 Å². The van der Waals surface area contributed by atoms with Gasteiger partial charge in [0, 0.05) is 5.92 Å². The SMILES string of the molecule is O=Cc1c(C2CCCC2)nn(-c2ccccc2)c1Cl. The normalized spacial score (nSPS) is 15.8. The maximum atomic E-state index is 11.3. The van der Waals surface area contributed by atoms with Gasteiger partial charge in [-0.15, -0.1) is 0 Å². The molecular weight excluding hydrogens is 260 g/mol. The maximum absolute atomic E-state index is 11.3. The molecule has 0 bridgehead atoms. The van der Waals surface area contributed by atoms with Crippen LogP contribution < -0.4 is 0 Å². The van der Waals surface area contributed by atoms with Crippen LogP contribution in [0.3, 0.4) is 0 Å². The summed E-state index contributed by atoms with van der Waals surface area (Å²) in [7, 11) is 0. The van der Waals surface area contributed by atoms with Crippen molar-refractivity contribution in [3.63, 3.8) is 0 Å². The standard InChI is InChI=1S/C15H15ClN2O/c16-15-13(10-19)14(11-6-4-5-7-11)17-18(15)12-8-2-1-3-9-12/h1-3,8-11H,4-7H2. The molecule has 0 aliphatic heterocycles. The fraction of sp³-hybridized carbons (Fsp3) is 0.333. The van der Waals surface area contributed by atoms with Gasteiger partial charge in [-0.05, 0) is 25.0 Å². The second-order valence-corrected chi connectivity index (χ2v) is 5.29. The molecule has 0 saturated heterocycles. The number of hydrogen-bond acceptors (Lipinski definition) is 2. The van der Waals surface area contributed by atoms with E-state index in [4.69, 9.17) is 11.6 Å². The molecule has 0 atom stereocenters. The minimum atomic E-state index is 0.377. The number of halogens is 1. The second kappa shape index (κ2) is 5.17. The zero-order chi connectivity index (χ0) is 13.2. The van der Waals surface area contributed by atoms with Gasteiger partial charge in [-0.3, -0.25) is 4.79 Å². The highest BCUT2D eigenvalue weighted by Crippen LogP contribution is 2.37. The van der Waals surface area contributed by atoms with Gasteiger partial charge in [-0.25, -0.2) is 4.68 Å². The molecule has 1 heterocycles. The summed E-state index contributed by atoms with van der Waals surface area (Å²) in [6, 6.07) is 9.68. The first-order chi connectivity index (χ1) is 9.31. The van der Waals surface area contributed by atoms with Crippen molar-refractivity contribution in [2.24, 2.45) is 0 Å². The minimum Gasteiger partial charge on any atom is -0.298 e. The molecule has 0 N–H and O–H groups in total. The second-order valence-electron chi connectivity index (χ2n) is 4.94. The summed E-state index contributed by atoms with van der Waals surface area (Å²) >= 11 is 6.31. The van der Waals surface area contributed by atoms with Gasteiger partial charge in [0.2, 0.25) is 0 Å². The van der Waals surface area contributed by atoms with Crippen LogP contribution in [0.15, 0.2) is 30.3 Å².